The van der Waals surface area contributed by atoms with E-state index in [0.717, 1.165) is 76.0 Å². The Kier molecular flexibility index (Phi) is 5.66. The third-order valence-electron chi connectivity index (χ3n) is 9.67. The van der Waals surface area contributed by atoms with Crippen molar-refractivity contribution in [2.24, 2.45) is 35.5 Å². The van der Waals surface area contributed by atoms with Gasteiger partial charge in [0.15, 0.2) is 0 Å². The standard InChI is InChI=1S/C27H39N3O4/c31-24(32)10-16-2-1-7-30(15-16)23-6-5-21(25(29-23)18-3-4-18)26(33)28-14-22-19-8-17-9-20(22)13-27(34,11-17)12-19/h5-6,16-20,22,25,29,34H,1-4,7-15H2,(H,28,33)(H,31,32)/t16-,17?,19?,20?,22?,25?,27?/m0/s1. The van der Waals surface area contributed by atoms with E-state index in [9.17, 15) is 19.8 Å². The predicted molar refractivity (Wildman–Crippen MR) is 127 cm³/mol. The number of aliphatic carboxylic acids is 1. The van der Waals surface area contributed by atoms with E-state index in [0.29, 0.717) is 29.6 Å². The molecule has 0 aromatic heterocycles. The first-order chi connectivity index (χ1) is 16.4. The van der Waals surface area contributed by atoms with Crippen LogP contribution < -0.4 is 10.6 Å². The smallest absolute Gasteiger partial charge is 0.303 e. The monoisotopic (exact) mass is 469 g/mol. The molecule has 186 valence electrons. The molecule has 7 rings (SSSR count). The number of amides is 1. The number of aliphatic hydroxyl groups is 1. The number of carboxylic acids is 1. The number of carboxylic acid groups (broad SMARTS) is 1. The van der Waals surface area contributed by atoms with Crippen LogP contribution >= 0.6 is 0 Å². The first kappa shape index (κ1) is 22.4. The molecule has 4 bridgehead atoms. The number of allylic oxidation sites excluding steroid dienone is 2. The van der Waals surface area contributed by atoms with E-state index in [1.807, 2.05) is 12.2 Å². The highest BCUT2D eigenvalue weighted by molar-refractivity contribution is 5.95. The quantitative estimate of drug-likeness (QED) is 0.457. The lowest BCUT2D eigenvalue weighted by atomic mass is 9.50. The number of likely N-dealkylation sites (tertiary alicyclic amines) is 1. The zero-order valence-electron chi connectivity index (χ0n) is 20.0. The summed E-state index contributed by atoms with van der Waals surface area (Å²) >= 11 is 0. The Morgan fingerprint density at radius 1 is 1.09 bits per heavy atom. The summed E-state index contributed by atoms with van der Waals surface area (Å²) < 4.78 is 0. The summed E-state index contributed by atoms with van der Waals surface area (Å²) in [5.74, 6) is 3.34. The molecule has 4 N–H and O–H groups in total. The average molecular weight is 470 g/mol. The van der Waals surface area contributed by atoms with Crippen LogP contribution in [-0.2, 0) is 9.59 Å². The second-order valence-electron chi connectivity index (χ2n) is 12.3. The van der Waals surface area contributed by atoms with Gasteiger partial charge < -0.3 is 25.7 Å². The fourth-order valence-electron chi connectivity index (χ4n) is 8.20. The highest BCUT2D eigenvalue weighted by Gasteiger charge is 2.54. The first-order valence-corrected chi connectivity index (χ1v) is 13.5. The lowest BCUT2D eigenvalue weighted by Gasteiger charge is -2.58. The third-order valence-corrected chi connectivity index (χ3v) is 9.67. The van der Waals surface area contributed by atoms with Gasteiger partial charge in [0.05, 0.1) is 11.6 Å². The summed E-state index contributed by atoms with van der Waals surface area (Å²) in [6.45, 7) is 2.42. The van der Waals surface area contributed by atoms with E-state index in [1.54, 1.807) is 0 Å². The molecule has 0 radical (unpaired) electrons. The highest BCUT2D eigenvalue weighted by atomic mass is 16.4. The van der Waals surface area contributed by atoms with E-state index >= 15 is 0 Å². The fourth-order valence-corrected chi connectivity index (χ4v) is 8.20. The molecule has 7 nitrogen and oxygen atoms in total. The van der Waals surface area contributed by atoms with Gasteiger partial charge in [0.1, 0.15) is 5.82 Å². The normalized spacial score (nSPS) is 40.9. The SMILES string of the molecule is O=C(O)C[C@@H]1CCCN(C2=CC=C(C(=O)NCC3C4CC5CC3CC(O)(C5)C4)C(C3CC3)N2)C1. The third kappa shape index (κ3) is 4.36. The number of nitrogens with one attached hydrogen (secondary N) is 2. The van der Waals surface area contributed by atoms with Crippen molar-refractivity contribution >= 4 is 11.9 Å². The topological polar surface area (TPSA) is 102 Å². The van der Waals surface area contributed by atoms with Gasteiger partial charge in [-0.05, 0) is 105 Å². The molecule has 34 heavy (non-hydrogen) atoms. The van der Waals surface area contributed by atoms with Crippen LogP contribution in [0.4, 0.5) is 0 Å². The van der Waals surface area contributed by atoms with Crippen LogP contribution in [0.5, 0.6) is 0 Å². The second-order valence-corrected chi connectivity index (χ2v) is 12.3. The molecular formula is C27H39N3O4. The number of dihydropyridines is 1. The minimum absolute atomic E-state index is 0.0408. The van der Waals surface area contributed by atoms with E-state index < -0.39 is 11.6 Å². The maximum Gasteiger partial charge on any atom is 0.303 e. The number of hydrogen-bond acceptors (Lipinski definition) is 5. The van der Waals surface area contributed by atoms with Crippen molar-refractivity contribution in [1.82, 2.24) is 15.5 Å². The van der Waals surface area contributed by atoms with Crippen molar-refractivity contribution in [1.29, 1.82) is 0 Å². The van der Waals surface area contributed by atoms with E-state index in [1.165, 1.54) is 12.8 Å². The van der Waals surface area contributed by atoms with Gasteiger partial charge in [-0.2, -0.15) is 0 Å². The largest absolute Gasteiger partial charge is 0.481 e. The highest BCUT2D eigenvalue weighted by Crippen LogP contribution is 2.58. The summed E-state index contributed by atoms with van der Waals surface area (Å²) in [7, 11) is 0. The molecule has 0 aromatic rings. The zero-order chi connectivity index (χ0) is 23.4. The lowest BCUT2D eigenvalue weighted by molar-refractivity contribution is -0.151. The Balaban J connectivity index is 1.11. The molecule has 6 fully saturated rings. The minimum atomic E-state index is -0.722. The van der Waals surface area contributed by atoms with Gasteiger partial charge in [0.2, 0.25) is 5.91 Å². The molecule has 5 saturated carbocycles. The summed E-state index contributed by atoms with van der Waals surface area (Å²) in [5, 5.41) is 27.0. The van der Waals surface area contributed by atoms with Gasteiger partial charge in [0, 0.05) is 31.6 Å². The number of carbonyl (C=O) groups excluding carboxylic acids is 1. The second kappa shape index (κ2) is 8.58. The number of carbonyl (C=O) groups is 2. The Morgan fingerprint density at radius 3 is 2.53 bits per heavy atom. The minimum Gasteiger partial charge on any atom is -0.481 e. The Bertz CT molecular complexity index is 894. The summed E-state index contributed by atoms with van der Waals surface area (Å²) in [4.78, 5) is 26.8. The Morgan fingerprint density at radius 2 is 1.85 bits per heavy atom. The average Bonchev–Trinajstić information content (AvgIpc) is 3.62. The molecule has 0 aromatic carbocycles. The molecule has 3 unspecified atom stereocenters. The molecule has 2 heterocycles. The van der Waals surface area contributed by atoms with E-state index in [-0.39, 0.29) is 24.3 Å². The Labute approximate surface area is 202 Å². The molecule has 2 aliphatic heterocycles. The van der Waals surface area contributed by atoms with Crippen molar-refractivity contribution in [3.8, 4) is 0 Å². The zero-order valence-corrected chi connectivity index (χ0v) is 20.0. The van der Waals surface area contributed by atoms with Crippen LogP contribution in [0.1, 0.15) is 64.2 Å². The summed E-state index contributed by atoms with van der Waals surface area (Å²) in [6.07, 6.45) is 13.8. The molecule has 0 spiro atoms. The maximum absolute atomic E-state index is 13.3. The Hall–Kier alpha value is -2.02. The predicted octanol–water partition coefficient (Wildman–Crippen LogP) is 2.63. The maximum atomic E-state index is 13.3. The van der Waals surface area contributed by atoms with Crippen LogP contribution in [0.15, 0.2) is 23.5 Å². The van der Waals surface area contributed by atoms with Crippen LogP contribution in [-0.4, -0.2) is 58.3 Å². The number of rotatable bonds is 7. The molecule has 4 atom stereocenters. The van der Waals surface area contributed by atoms with Crippen LogP contribution in [0.25, 0.3) is 0 Å². The molecule has 7 heteroatoms. The molecule has 5 aliphatic carbocycles. The van der Waals surface area contributed by atoms with Gasteiger partial charge in [-0.15, -0.1) is 0 Å². The van der Waals surface area contributed by atoms with Crippen LogP contribution in [0, 0.1) is 35.5 Å². The number of nitrogens with zero attached hydrogens (tertiary/aromatic N) is 1. The summed E-state index contributed by atoms with van der Waals surface area (Å²) in [6, 6.07) is 0.0408. The summed E-state index contributed by atoms with van der Waals surface area (Å²) in [5.41, 5.74) is 0.413. The lowest BCUT2D eigenvalue weighted by Crippen LogP contribution is -2.57. The van der Waals surface area contributed by atoms with Gasteiger partial charge >= 0.3 is 5.97 Å². The van der Waals surface area contributed by atoms with Crippen molar-refractivity contribution < 1.29 is 19.8 Å². The van der Waals surface area contributed by atoms with E-state index in [4.69, 9.17) is 0 Å². The van der Waals surface area contributed by atoms with Gasteiger partial charge in [-0.1, -0.05) is 0 Å². The van der Waals surface area contributed by atoms with Gasteiger partial charge in [0.25, 0.3) is 0 Å². The first-order valence-electron chi connectivity index (χ1n) is 13.5. The van der Waals surface area contributed by atoms with Gasteiger partial charge in [-0.3, -0.25) is 9.59 Å². The fraction of sp³-hybridized carbons (Fsp3) is 0.778. The van der Waals surface area contributed by atoms with E-state index in [2.05, 4.69) is 15.5 Å². The van der Waals surface area contributed by atoms with Crippen molar-refractivity contribution in [3.05, 3.63) is 23.5 Å². The van der Waals surface area contributed by atoms with Crippen molar-refractivity contribution in [3.63, 3.8) is 0 Å². The van der Waals surface area contributed by atoms with Crippen LogP contribution in [0.2, 0.25) is 0 Å². The molecule has 1 amide bonds. The molecular weight excluding hydrogens is 430 g/mol. The molecule has 1 saturated heterocycles. The van der Waals surface area contributed by atoms with Gasteiger partial charge in [-0.25, -0.2) is 0 Å². The van der Waals surface area contributed by atoms with Crippen LogP contribution in [0.3, 0.4) is 0 Å². The number of piperidine rings is 1. The van der Waals surface area contributed by atoms with Crippen molar-refractivity contribution in [2.75, 3.05) is 19.6 Å². The van der Waals surface area contributed by atoms with Crippen molar-refractivity contribution in [2.45, 2.75) is 75.9 Å². The molecule has 7 aliphatic rings. The number of hydrogen-bond donors (Lipinski definition) is 4.